The molecular weight excluding hydrogens is 364 g/mol. The second-order valence-electron chi connectivity index (χ2n) is 6.46. The van der Waals surface area contributed by atoms with Crippen molar-refractivity contribution in [2.75, 3.05) is 19.5 Å². The van der Waals surface area contributed by atoms with Crippen molar-refractivity contribution in [3.8, 4) is 22.8 Å². The van der Waals surface area contributed by atoms with Gasteiger partial charge in [-0.2, -0.15) is 0 Å². The van der Waals surface area contributed by atoms with Crippen LogP contribution in [0.2, 0.25) is 0 Å². The molecule has 5 heteroatoms. The average molecular weight is 384 g/mol. The first kappa shape index (κ1) is 18.5. The van der Waals surface area contributed by atoms with Crippen molar-refractivity contribution in [3.05, 3.63) is 84.4 Å². The van der Waals surface area contributed by atoms with Gasteiger partial charge in [0, 0.05) is 17.0 Å². The fourth-order valence-electron chi connectivity index (χ4n) is 3.21. The molecule has 0 aliphatic carbocycles. The summed E-state index contributed by atoms with van der Waals surface area (Å²) in [6.45, 7) is 0. The lowest BCUT2D eigenvalue weighted by molar-refractivity contribution is 0.102. The Morgan fingerprint density at radius 2 is 1.62 bits per heavy atom. The number of fused-ring (bicyclic) bond motifs is 1. The van der Waals surface area contributed by atoms with Crippen LogP contribution in [0.3, 0.4) is 0 Å². The molecule has 1 amide bonds. The molecule has 0 fully saturated rings. The van der Waals surface area contributed by atoms with Gasteiger partial charge in [-0.3, -0.25) is 4.79 Å². The van der Waals surface area contributed by atoms with Crippen LogP contribution in [-0.4, -0.2) is 25.1 Å². The first-order valence-corrected chi connectivity index (χ1v) is 9.18. The van der Waals surface area contributed by atoms with E-state index in [0.717, 1.165) is 22.2 Å². The standard InChI is InChI=1S/C24H20N2O3/c1-28-17-12-13-21(23(14-17)29-2)26-24(27)19-15-22(16-8-4-3-5-9-16)25-20-11-7-6-10-18(19)20/h3-15H,1-2H3,(H,26,27). The average Bonchev–Trinajstić information content (AvgIpc) is 2.79. The van der Waals surface area contributed by atoms with Crippen molar-refractivity contribution < 1.29 is 14.3 Å². The summed E-state index contributed by atoms with van der Waals surface area (Å²) in [6.07, 6.45) is 0. The van der Waals surface area contributed by atoms with E-state index in [0.29, 0.717) is 22.7 Å². The maximum Gasteiger partial charge on any atom is 0.256 e. The number of ether oxygens (including phenoxy) is 2. The highest BCUT2D eigenvalue weighted by atomic mass is 16.5. The normalized spacial score (nSPS) is 10.6. The van der Waals surface area contributed by atoms with Crippen LogP contribution >= 0.6 is 0 Å². The van der Waals surface area contributed by atoms with Crippen molar-refractivity contribution in [2.24, 2.45) is 0 Å². The van der Waals surface area contributed by atoms with E-state index in [9.17, 15) is 4.79 Å². The summed E-state index contributed by atoms with van der Waals surface area (Å²) in [5.41, 5.74) is 3.58. The largest absolute Gasteiger partial charge is 0.497 e. The zero-order valence-electron chi connectivity index (χ0n) is 16.2. The zero-order chi connectivity index (χ0) is 20.2. The van der Waals surface area contributed by atoms with Crippen LogP contribution in [0.15, 0.2) is 78.9 Å². The van der Waals surface area contributed by atoms with E-state index in [4.69, 9.17) is 14.5 Å². The highest BCUT2D eigenvalue weighted by Gasteiger charge is 2.16. The SMILES string of the molecule is COc1ccc(NC(=O)c2cc(-c3ccccc3)nc3ccccc23)c(OC)c1. The Bertz CT molecular complexity index is 1170. The molecule has 0 spiro atoms. The van der Waals surface area contributed by atoms with E-state index in [1.54, 1.807) is 32.4 Å². The van der Waals surface area contributed by atoms with Gasteiger partial charge >= 0.3 is 0 Å². The van der Waals surface area contributed by atoms with Crippen molar-refractivity contribution in [2.45, 2.75) is 0 Å². The van der Waals surface area contributed by atoms with Crippen LogP contribution in [0.4, 0.5) is 5.69 Å². The summed E-state index contributed by atoms with van der Waals surface area (Å²) < 4.78 is 10.6. The summed E-state index contributed by atoms with van der Waals surface area (Å²) in [7, 11) is 3.14. The fraction of sp³-hybridized carbons (Fsp3) is 0.0833. The minimum absolute atomic E-state index is 0.232. The van der Waals surface area contributed by atoms with Crippen LogP contribution in [0.1, 0.15) is 10.4 Å². The second kappa shape index (κ2) is 8.02. The number of nitrogens with zero attached hydrogens (tertiary/aromatic N) is 1. The van der Waals surface area contributed by atoms with E-state index in [1.807, 2.05) is 60.7 Å². The molecule has 1 aromatic heterocycles. The Labute approximate surface area is 168 Å². The molecule has 0 aliphatic heterocycles. The Kier molecular flexibility index (Phi) is 5.12. The smallest absolute Gasteiger partial charge is 0.256 e. The lowest BCUT2D eigenvalue weighted by atomic mass is 10.0. The molecule has 144 valence electrons. The number of nitrogens with one attached hydrogen (secondary N) is 1. The van der Waals surface area contributed by atoms with Gasteiger partial charge < -0.3 is 14.8 Å². The quantitative estimate of drug-likeness (QED) is 0.516. The van der Waals surface area contributed by atoms with Crippen LogP contribution in [0.25, 0.3) is 22.2 Å². The van der Waals surface area contributed by atoms with Gasteiger partial charge in [0.2, 0.25) is 0 Å². The van der Waals surface area contributed by atoms with Crippen LogP contribution in [0.5, 0.6) is 11.5 Å². The number of hydrogen-bond donors (Lipinski definition) is 1. The number of carbonyl (C=O) groups is 1. The Balaban J connectivity index is 1.78. The third-order valence-electron chi connectivity index (χ3n) is 4.69. The number of pyridine rings is 1. The fourth-order valence-corrected chi connectivity index (χ4v) is 3.21. The maximum atomic E-state index is 13.2. The Hall–Kier alpha value is -3.86. The Morgan fingerprint density at radius 1 is 0.862 bits per heavy atom. The van der Waals surface area contributed by atoms with Gasteiger partial charge in [-0.15, -0.1) is 0 Å². The van der Waals surface area contributed by atoms with Gasteiger partial charge in [-0.25, -0.2) is 4.98 Å². The van der Waals surface area contributed by atoms with Crippen molar-refractivity contribution in [1.82, 2.24) is 4.98 Å². The molecule has 4 aromatic rings. The van der Waals surface area contributed by atoms with Crippen molar-refractivity contribution in [1.29, 1.82) is 0 Å². The number of hydrogen-bond acceptors (Lipinski definition) is 4. The molecule has 1 N–H and O–H groups in total. The number of para-hydroxylation sites is 1. The van der Waals surface area contributed by atoms with E-state index in [-0.39, 0.29) is 5.91 Å². The van der Waals surface area contributed by atoms with Gasteiger partial charge in [-0.1, -0.05) is 48.5 Å². The summed E-state index contributed by atoms with van der Waals surface area (Å²) >= 11 is 0. The summed E-state index contributed by atoms with van der Waals surface area (Å²) in [6, 6.07) is 24.5. The van der Waals surface area contributed by atoms with Gasteiger partial charge in [0.05, 0.1) is 36.7 Å². The molecule has 1 heterocycles. The number of methoxy groups -OCH3 is 2. The zero-order valence-corrected chi connectivity index (χ0v) is 16.2. The predicted octanol–water partition coefficient (Wildman–Crippen LogP) is 5.17. The van der Waals surface area contributed by atoms with Gasteiger partial charge in [0.1, 0.15) is 11.5 Å². The van der Waals surface area contributed by atoms with Gasteiger partial charge in [0.25, 0.3) is 5.91 Å². The number of anilines is 1. The predicted molar refractivity (Wildman–Crippen MR) is 115 cm³/mol. The van der Waals surface area contributed by atoms with Crippen LogP contribution < -0.4 is 14.8 Å². The van der Waals surface area contributed by atoms with Crippen LogP contribution in [-0.2, 0) is 0 Å². The topological polar surface area (TPSA) is 60.5 Å². The number of rotatable bonds is 5. The molecule has 3 aromatic carbocycles. The summed E-state index contributed by atoms with van der Waals surface area (Å²) in [4.78, 5) is 17.9. The molecule has 4 rings (SSSR count). The molecule has 0 unspecified atom stereocenters. The third kappa shape index (κ3) is 3.75. The highest BCUT2D eigenvalue weighted by molar-refractivity contribution is 6.13. The molecular formula is C24H20N2O3. The molecule has 0 saturated heterocycles. The molecule has 0 atom stereocenters. The molecule has 0 radical (unpaired) electrons. The minimum Gasteiger partial charge on any atom is -0.497 e. The first-order valence-electron chi connectivity index (χ1n) is 9.18. The third-order valence-corrected chi connectivity index (χ3v) is 4.69. The van der Waals surface area contributed by atoms with E-state index >= 15 is 0 Å². The monoisotopic (exact) mass is 384 g/mol. The Morgan fingerprint density at radius 3 is 2.38 bits per heavy atom. The minimum atomic E-state index is -0.232. The molecule has 0 saturated carbocycles. The van der Waals surface area contributed by atoms with E-state index < -0.39 is 0 Å². The second-order valence-corrected chi connectivity index (χ2v) is 6.46. The lowest BCUT2D eigenvalue weighted by Gasteiger charge is -2.13. The number of aromatic nitrogens is 1. The number of benzene rings is 3. The number of amides is 1. The molecule has 0 aliphatic rings. The van der Waals surface area contributed by atoms with Crippen LogP contribution in [0, 0.1) is 0 Å². The van der Waals surface area contributed by atoms with Gasteiger partial charge in [0.15, 0.2) is 0 Å². The summed E-state index contributed by atoms with van der Waals surface area (Å²) in [5, 5.41) is 3.74. The highest BCUT2D eigenvalue weighted by Crippen LogP contribution is 2.31. The summed E-state index contributed by atoms with van der Waals surface area (Å²) in [5.74, 6) is 0.948. The van der Waals surface area contributed by atoms with Gasteiger partial charge in [-0.05, 0) is 24.3 Å². The molecule has 5 nitrogen and oxygen atoms in total. The maximum absolute atomic E-state index is 13.2. The number of carbonyl (C=O) groups excluding carboxylic acids is 1. The molecule has 0 bridgehead atoms. The first-order chi connectivity index (χ1) is 14.2. The van der Waals surface area contributed by atoms with E-state index in [2.05, 4.69) is 5.32 Å². The van der Waals surface area contributed by atoms with Crippen molar-refractivity contribution >= 4 is 22.5 Å². The van der Waals surface area contributed by atoms with E-state index in [1.165, 1.54) is 0 Å². The van der Waals surface area contributed by atoms with Crippen molar-refractivity contribution in [3.63, 3.8) is 0 Å². The lowest BCUT2D eigenvalue weighted by Crippen LogP contribution is -2.14. The molecule has 29 heavy (non-hydrogen) atoms.